The number of unbranched alkanes of at least 4 members (excludes halogenated alkanes) is 1. The highest BCUT2D eigenvalue weighted by molar-refractivity contribution is 9.09. The molecular formula is C17H26BrF. The molecule has 2 atom stereocenters. The Balaban J connectivity index is 2.49. The lowest BCUT2D eigenvalue weighted by Gasteiger charge is -2.21. The Labute approximate surface area is 125 Å². The number of hydrogen-bond donors (Lipinski definition) is 0. The predicted molar refractivity (Wildman–Crippen MR) is 85.3 cm³/mol. The minimum atomic E-state index is -0.145. The van der Waals surface area contributed by atoms with E-state index in [-0.39, 0.29) is 5.82 Å². The number of benzene rings is 1. The molecule has 0 nitrogen and oxygen atoms in total. The second-order valence-corrected chi connectivity index (χ2v) is 6.15. The highest BCUT2D eigenvalue weighted by atomic mass is 79.9. The third-order valence-electron chi connectivity index (χ3n) is 3.87. The quantitative estimate of drug-likeness (QED) is 0.488. The number of halogens is 2. The zero-order chi connectivity index (χ0) is 14.1. The van der Waals surface area contributed by atoms with Gasteiger partial charge in [-0.2, -0.15) is 0 Å². The molecule has 1 aromatic rings. The molecule has 0 heterocycles. The normalized spacial score (nSPS) is 14.3. The molecule has 0 aliphatic carbocycles. The highest BCUT2D eigenvalue weighted by Crippen LogP contribution is 2.25. The van der Waals surface area contributed by atoms with Gasteiger partial charge in [-0.25, -0.2) is 4.39 Å². The molecule has 2 heteroatoms. The van der Waals surface area contributed by atoms with Crippen molar-refractivity contribution >= 4 is 15.9 Å². The van der Waals surface area contributed by atoms with Crippen LogP contribution in [0.4, 0.5) is 4.39 Å². The van der Waals surface area contributed by atoms with Crippen molar-refractivity contribution in [2.24, 2.45) is 11.8 Å². The summed E-state index contributed by atoms with van der Waals surface area (Å²) in [6, 6.07) is 6.96. The van der Waals surface area contributed by atoms with Crippen LogP contribution in [-0.2, 0) is 6.42 Å². The van der Waals surface area contributed by atoms with Crippen LogP contribution < -0.4 is 0 Å². The van der Waals surface area contributed by atoms with Crippen LogP contribution in [0.25, 0.3) is 0 Å². The van der Waals surface area contributed by atoms with E-state index in [1.165, 1.54) is 37.7 Å². The molecule has 1 rings (SSSR count). The van der Waals surface area contributed by atoms with Crippen LogP contribution in [0.3, 0.4) is 0 Å². The summed E-state index contributed by atoms with van der Waals surface area (Å²) in [6.45, 7) is 4.55. The fourth-order valence-corrected chi connectivity index (χ4v) is 3.10. The summed E-state index contributed by atoms with van der Waals surface area (Å²) in [5, 5.41) is 1.03. The van der Waals surface area contributed by atoms with Gasteiger partial charge in [-0.1, -0.05) is 67.6 Å². The van der Waals surface area contributed by atoms with Gasteiger partial charge in [-0.05, 0) is 42.4 Å². The van der Waals surface area contributed by atoms with Gasteiger partial charge >= 0.3 is 0 Å². The predicted octanol–water partition coefficient (Wildman–Crippen LogP) is 5.99. The zero-order valence-corrected chi connectivity index (χ0v) is 13.8. The average molecular weight is 329 g/mol. The van der Waals surface area contributed by atoms with Crippen molar-refractivity contribution < 1.29 is 4.39 Å². The van der Waals surface area contributed by atoms with E-state index in [1.54, 1.807) is 12.1 Å². The van der Waals surface area contributed by atoms with Crippen LogP contribution in [0.15, 0.2) is 24.3 Å². The van der Waals surface area contributed by atoms with Crippen molar-refractivity contribution in [1.29, 1.82) is 0 Å². The number of alkyl halides is 1. The Morgan fingerprint density at radius 2 is 1.79 bits per heavy atom. The van der Waals surface area contributed by atoms with Crippen LogP contribution in [0, 0.1) is 17.7 Å². The van der Waals surface area contributed by atoms with Crippen molar-refractivity contribution in [3.8, 4) is 0 Å². The summed E-state index contributed by atoms with van der Waals surface area (Å²) in [6.07, 6.45) is 7.57. The van der Waals surface area contributed by atoms with E-state index in [0.717, 1.165) is 17.7 Å². The van der Waals surface area contributed by atoms with E-state index in [1.807, 2.05) is 12.1 Å². The van der Waals surface area contributed by atoms with Gasteiger partial charge in [0, 0.05) is 5.33 Å². The maximum Gasteiger partial charge on any atom is 0.123 e. The van der Waals surface area contributed by atoms with Crippen LogP contribution in [0.5, 0.6) is 0 Å². The molecule has 0 radical (unpaired) electrons. The molecule has 0 amide bonds. The molecule has 0 saturated heterocycles. The molecule has 1 aromatic carbocycles. The molecule has 0 saturated carbocycles. The molecule has 0 bridgehead atoms. The van der Waals surface area contributed by atoms with Crippen molar-refractivity contribution in [3.63, 3.8) is 0 Å². The van der Waals surface area contributed by atoms with E-state index in [0.29, 0.717) is 5.92 Å². The minimum Gasteiger partial charge on any atom is -0.207 e. The fourth-order valence-electron chi connectivity index (χ4n) is 2.61. The second-order valence-electron chi connectivity index (χ2n) is 5.50. The Morgan fingerprint density at radius 1 is 1.11 bits per heavy atom. The zero-order valence-electron chi connectivity index (χ0n) is 12.2. The van der Waals surface area contributed by atoms with Gasteiger partial charge < -0.3 is 0 Å². The van der Waals surface area contributed by atoms with Gasteiger partial charge in [0.15, 0.2) is 0 Å². The van der Waals surface area contributed by atoms with Crippen molar-refractivity contribution in [2.75, 3.05) is 5.33 Å². The Hall–Kier alpha value is -0.370. The molecule has 0 N–H and O–H groups in total. The van der Waals surface area contributed by atoms with Crippen molar-refractivity contribution in [1.82, 2.24) is 0 Å². The molecule has 0 spiro atoms. The molecular weight excluding hydrogens is 303 g/mol. The third kappa shape index (κ3) is 6.56. The first-order valence-electron chi connectivity index (χ1n) is 7.49. The summed E-state index contributed by atoms with van der Waals surface area (Å²) in [5.41, 5.74) is 1.25. The lowest BCUT2D eigenvalue weighted by atomic mass is 9.86. The maximum absolute atomic E-state index is 12.9. The van der Waals surface area contributed by atoms with E-state index in [2.05, 4.69) is 29.8 Å². The van der Waals surface area contributed by atoms with Gasteiger partial charge in [0.05, 0.1) is 0 Å². The van der Waals surface area contributed by atoms with Crippen LogP contribution in [0.2, 0.25) is 0 Å². The number of rotatable bonds is 9. The largest absolute Gasteiger partial charge is 0.207 e. The molecule has 0 aliphatic rings. The van der Waals surface area contributed by atoms with Gasteiger partial charge in [-0.15, -0.1) is 0 Å². The van der Waals surface area contributed by atoms with E-state index < -0.39 is 0 Å². The van der Waals surface area contributed by atoms with E-state index in [9.17, 15) is 4.39 Å². The first-order valence-corrected chi connectivity index (χ1v) is 8.62. The van der Waals surface area contributed by atoms with Crippen LogP contribution >= 0.6 is 15.9 Å². The van der Waals surface area contributed by atoms with Crippen LogP contribution in [-0.4, -0.2) is 5.33 Å². The average Bonchev–Trinajstić information content (AvgIpc) is 2.44. The Bertz CT molecular complexity index is 334. The fraction of sp³-hybridized carbons (Fsp3) is 0.647. The molecule has 0 aliphatic heterocycles. The van der Waals surface area contributed by atoms with Crippen molar-refractivity contribution in [2.45, 2.75) is 52.4 Å². The molecule has 0 aromatic heterocycles. The van der Waals surface area contributed by atoms with Gasteiger partial charge in [0.1, 0.15) is 5.82 Å². The topological polar surface area (TPSA) is 0 Å². The summed E-state index contributed by atoms with van der Waals surface area (Å²) < 4.78 is 12.9. The lowest BCUT2D eigenvalue weighted by Crippen LogP contribution is -2.13. The molecule has 108 valence electrons. The highest BCUT2D eigenvalue weighted by Gasteiger charge is 2.15. The molecule has 2 unspecified atom stereocenters. The third-order valence-corrected chi connectivity index (χ3v) is 4.78. The van der Waals surface area contributed by atoms with Gasteiger partial charge in [-0.3, -0.25) is 0 Å². The van der Waals surface area contributed by atoms with Crippen molar-refractivity contribution in [3.05, 3.63) is 35.6 Å². The Kier molecular flexibility index (Phi) is 8.36. The molecule has 0 fully saturated rings. The van der Waals surface area contributed by atoms with Gasteiger partial charge in [0.2, 0.25) is 0 Å². The summed E-state index contributed by atoms with van der Waals surface area (Å²) >= 11 is 3.64. The first kappa shape index (κ1) is 16.7. The number of hydrogen-bond acceptors (Lipinski definition) is 0. The minimum absolute atomic E-state index is 0.145. The summed E-state index contributed by atoms with van der Waals surface area (Å²) in [7, 11) is 0. The summed E-state index contributed by atoms with van der Waals surface area (Å²) in [5.74, 6) is 1.35. The van der Waals surface area contributed by atoms with E-state index >= 15 is 0 Å². The van der Waals surface area contributed by atoms with Gasteiger partial charge in [0.25, 0.3) is 0 Å². The monoisotopic (exact) mass is 328 g/mol. The smallest absolute Gasteiger partial charge is 0.123 e. The standard InChI is InChI=1S/C17H26BrF/c1-3-5-6-14(4-2)11-16(13-18)12-15-7-9-17(19)10-8-15/h7-10,14,16H,3-6,11-13H2,1-2H3. The van der Waals surface area contributed by atoms with Crippen LogP contribution in [0.1, 0.15) is 51.5 Å². The Morgan fingerprint density at radius 3 is 2.32 bits per heavy atom. The molecule has 19 heavy (non-hydrogen) atoms. The van der Waals surface area contributed by atoms with E-state index in [4.69, 9.17) is 0 Å². The lowest BCUT2D eigenvalue weighted by molar-refractivity contribution is 0.355. The second kappa shape index (κ2) is 9.52. The SMILES string of the molecule is CCCCC(CC)CC(CBr)Cc1ccc(F)cc1. The summed E-state index contributed by atoms with van der Waals surface area (Å²) in [4.78, 5) is 0. The first-order chi connectivity index (χ1) is 9.19. The maximum atomic E-state index is 12.9.